The molecule has 1 aliphatic heterocycles. The smallest absolute Gasteiger partial charge is 0.0413 e. The predicted molar refractivity (Wildman–Crippen MR) is 242 cm³/mol. The van der Waals surface area contributed by atoms with Gasteiger partial charge in [0, 0.05) is 40.7 Å². The number of rotatable bonds is 4. The van der Waals surface area contributed by atoms with Gasteiger partial charge in [0.15, 0.2) is 0 Å². The van der Waals surface area contributed by atoms with E-state index in [0.29, 0.717) is 11.2 Å². The highest BCUT2D eigenvalue weighted by Gasteiger charge is 2.29. The van der Waals surface area contributed by atoms with Gasteiger partial charge in [0.05, 0.1) is 0 Å². The number of thioether (sulfide) groups is 1. The van der Waals surface area contributed by atoms with Gasteiger partial charge >= 0.3 is 0 Å². The van der Waals surface area contributed by atoms with E-state index >= 15 is 0 Å². The molecule has 2 atom stereocenters. The molecule has 1 aliphatic rings. The zero-order valence-electron chi connectivity index (χ0n) is 30.3. The molecule has 0 amide bonds. The highest BCUT2D eigenvalue weighted by molar-refractivity contribution is 8.03. The molecule has 0 saturated carbocycles. The quantitative estimate of drug-likeness (QED) is 0.162. The van der Waals surface area contributed by atoms with E-state index in [2.05, 4.69) is 172 Å². The molecule has 0 N–H and O–H groups in total. The van der Waals surface area contributed by atoms with Gasteiger partial charge in [-0.1, -0.05) is 134 Å². The second kappa shape index (κ2) is 12.4. The maximum absolute atomic E-state index is 2.47. The van der Waals surface area contributed by atoms with Crippen molar-refractivity contribution in [2.24, 2.45) is 5.92 Å². The first-order valence-corrected chi connectivity index (χ1v) is 21.3. The van der Waals surface area contributed by atoms with Gasteiger partial charge in [-0.2, -0.15) is 0 Å². The Bertz CT molecular complexity index is 3080. The minimum Gasteiger partial charge on any atom is -0.141 e. The van der Waals surface area contributed by atoms with Crippen molar-refractivity contribution in [1.82, 2.24) is 0 Å². The Balaban J connectivity index is 1.16. The molecule has 0 radical (unpaired) electrons. The van der Waals surface area contributed by atoms with Crippen LogP contribution in [-0.2, 0) is 0 Å². The lowest BCUT2D eigenvalue weighted by Crippen LogP contribution is -2.02. The largest absolute Gasteiger partial charge is 0.141 e. The van der Waals surface area contributed by atoms with Crippen LogP contribution in [0.4, 0.5) is 0 Å². The van der Waals surface area contributed by atoms with Gasteiger partial charge in [0.2, 0.25) is 0 Å². The summed E-state index contributed by atoms with van der Waals surface area (Å²) in [6.45, 7) is 6.84. The van der Waals surface area contributed by atoms with Crippen molar-refractivity contribution in [3.63, 3.8) is 0 Å². The lowest BCUT2D eigenvalue weighted by atomic mass is 9.85. The number of thiophene rings is 2. The molecule has 2 aromatic heterocycles. The minimum absolute atomic E-state index is 0.410. The normalized spacial score (nSPS) is 16.1. The number of hydrogen-bond donors (Lipinski definition) is 0. The molecule has 3 heterocycles. The van der Waals surface area contributed by atoms with E-state index in [1.807, 2.05) is 34.4 Å². The van der Waals surface area contributed by atoms with E-state index in [4.69, 9.17) is 0 Å². The number of allylic oxidation sites excluding steroid dienone is 2. The Hall–Kier alpha value is -5.19. The van der Waals surface area contributed by atoms with Crippen molar-refractivity contribution < 1.29 is 0 Å². The van der Waals surface area contributed by atoms with E-state index in [9.17, 15) is 0 Å². The van der Waals surface area contributed by atoms with Gasteiger partial charge in [-0.15, -0.1) is 34.4 Å². The third kappa shape index (κ3) is 4.82. The molecule has 0 fully saturated rings. The van der Waals surface area contributed by atoms with Crippen LogP contribution in [0.25, 0.3) is 96.0 Å². The SMILES string of the molecule is CC1=CC(C)C(c2c3ccccc3c(-c3ccc4c(c3)sc3cccc(-c5c6ccccc6c(-c6ccc(C)s6)c6ccccc56)c34)c3ccccc23)S1. The Labute approximate surface area is 327 Å². The van der Waals surface area contributed by atoms with Crippen LogP contribution < -0.4 is 0 Å². The van der Waals surface area contributed by atoms with E-state index in [-0.39, 0.29) is 0 Å². The van der Waals surface area contributed by atoms with Gasteiger partial charge in [-0.3, -0.25) is 0 Å². The lowest BCUT2D eigenvalue weighted by Gasteiger charge is -2.23. The minimum atomic E-state index is 0.410. The summed E-state index contributed by atoms with van der Waals surface area (Å²) in [5.41, 5.74) is 8.06. The van der Waals surface area contributed by atoms with Crippen molar-refractivity contribution in [3.8, 4) is 32.7 Å². The van der Waals surface area contributed by atoms with Crippen LogP contribution in [-0.4, -0.2) is 0 Å². The number of hydrogen-bond acceptors (Lipinski definition) is 3. The lowest BCUT2D eigenvalue weighted by molar-refractivity contribution is 0.726. The first kappa shape index (κ1) is 32.3. The van der Waals surface area contributed by atoms with Crippen LogP contribution >= 0.6 is 34.4 Å². The molecule has 258 valence electrons. The van der Waals surface area contributed by atoms with Crippen molar-refractivity contribution in [3.05, 3.63) is 167 Å². The highest BCUT2D eigenvalue weighted by Crippen LogP contribution is 2.54. The molecule has 2 unspecified atom stereocenters. The molecule has 54 heavy (non-hydrogen) atoms. The molecule has 10 aromatic rings. The van der Waals surface area contributed by atoms with Crippen LogP contribution in [0.1, 0.15) is 29.5 Å². The third-order valence-electron chi connectivity index (χ3n) is 11.5. The first-order chi connectivity index (χ1) is 26.5. The van der Waals surface area contributed by atoms with E-state index in [0.717, 1.165) is 0 Å². The molecular formula is C51H36S3. The summed E-state index contributed by atoms with van der Waals surface area (Å²) < 4.78 is 2.65. The predicted octanol–water partition coefficient (Wildman–Crippen LogP) is 16.4. The number of fused-ring (bicyclic) bond motifs is 7. The Morgan fingerprint density at radius 1 is 0.463 bits per heavy atom. The number of aryl methyl sites for hydroxylation is 1. The average Bonchev–Trinajstić information content (AvgIpc) is 3.90. The van der Waals surface area contributed by atoms with E-state index < -0.39 is 0 Å². The van der Waals surface area contributed by atoms with Crippen LogP contribution in [0.3, 0.4) is 0 Å². The van der Waals surface area contributed by atoms with Crippen molar-refractivity contribution >= 4 is 97.7 Å². The Morgan fingerprint density at radius 3 is 1.59 bits per heavy atom. The fraction of sp³-hybridized carbons (Fsp3) is 0.0980. The molecule has 0 nitrogen and oxygen atoms in total. The monoisotopic (exact) mass is 744 g/mol. The van der Waals surface area contributed by atoms with Crippen LogP contribution in [0, 0.1) is 12.8 Å². The zero-order valence-corrected chi connectivity index (χ0v) is 32.8. The topological polar surface area (TPSA) is 0 Å². The third-order valence-corrected chi connectivity index (χ3v) is 15.1. The average molecular weight is 745 g/mol. The zero-order chi connectivity index (χ0) is 36.1. The van der Waals surface area contributed by atoms with Gasteiger partial charge < -0.3 is 0 Å². The number of benzene rings is 8. The van der Waals surface area contributed by atoms with Gasteiger partial charge in [0.25, 0.3) is 0 Å². The molecule has 8 aromatic carbocycles. The fourth-order valence-corrected chi connectivity index (χ4v) is 12.8. The summed E-state index contributed by atoms with van der Waals surface area (Å²) in [6, 6.07) is 55.0. The van der Waals surface area contributed by atoms with Crippen molar-refractivity contribution in [2.75, 3.05) is 0 Å². The van der Waals surface area contributed by atoms with E-state index in [1.165, 1.54) is 111 Å². The maximum atomic E-state index is 2.47. The van der Waals surface area contributed by atoms with Gasteiger partial charge in [0.1, 0.15) is 0 Å². The summed E-state index contributed by atoms with van der Waals surface area (Å²) in [7, 11) is 0. The fourth-order valence-electron chi connectivity index (χ4n) is 9.35. The molecule has 0 spiro atoms. The molecule has 11 rings (SSSR count). The molecule has 3 heteroatoms. The molecule has 0 aliphatic carbocycles. The second-order valence-corrected chi connectivity index (χ2v) is 18.6. The summed E-state index contributed by atoms with van der Waals surface area (Å²) >= 11 is 5.83. The van der Waals surface area contributed by atoms with Crippen LogP contribution in [0.2, 0.25) is 0 Å². The molecule has 0 saturated heterocycles. The Morgan fingerprint density at radius 2 is 1.04 bits per heavy atom. The van der Waals surface area contributed by atoms with Gasteiger partial charge in [-0.25, -0.2) is 0 Å². The van der Waals surface area contributed by atoms with Crippen molar-refractivity contribution in [1.29, 1.82) is 0 Å². The first-order valence-electron chi connectivity index (χ1n) is 18.8. The van der Waals surface area contributed by atoms with Gasteiger partial charge in [-0.05, 0) is 120 Å². The Kier molecular flexibility index (Phi) is 7.42. The summed E-state index contributed by atoms with van der Waals surface area (Å²) in [5, 5.41) is 13.7. The summed E-state index contributed by atoms with van der Waals surface area (Å²) in [5.74, 6) is 0.488. The summed E-state index contributed by atoms with van der Waals surface area (Å²) in [6.07, 6.45) is 2.45. The van der Waals surface area contributed by atoms with Crippen LogP contribution in [0.5, 0.6) is 0 Å². The molecular weight excluding hydrogens is 709 g/mol. The standard InChI is InChI=1S/C51H36S3/c1-29-27-31(3)53-51(29)50-39-19-10-4-13-33(39)46(34-14-5-11-20-40(34)50)32-24-25-41-45(28-32)54-43-22-12-21-42(49(41)43)47-35-15-6-8-17-37(35)48(44-26-23-30(2)52-44)38-18-9-7-16-36(38)47/h4-29,51H,1-3H3. The van der Waals surface area contributed by atoms with E-state index in [1.54, 1.807) is 0 Å². The highest BCUT2D eigenvalue weighted by atomic mass is 32.2. The molecule has 0 bridgehead atoms. The van der Waals surface area contributed by atoms with Crippen molar-refractivity contribution in [2.45, 2.75) is 26.0 Å². The van der Waals surface area contributed by atoms with Crippen LogP contribution in [0.15, 0.2) is 157 Å². The maximum Gasteiger partial charge on any atom is 0.0413 e. The second-order valence-electron chi connectivity index (χ2n) is 14.8. The summed E-state index contributed by atoms with van der Waals surface area (Å²) in [4.78, 5) is 4.09.